The summed E-state index contributed by atoms with van der Waals surface area (Å²) in [6.45, 7) is 0.939. The summed E-state index contributed by atoms with van der Waals surface area (Å²) in [7, 11) is 3.26. The summed E-state index contributed by atoms with van der Waals surface area (Å²) < 4.78 is 10.5. The van der Waals surface area contributed by atoms with E-state index in [1.54, 1.807) is 14.2 Å². The van der Waals surface area contributed by atoms with E-state index in [1.807, 2.05) is 82.6 Å². The lowest BCUT2D eigenvalue weighted by atomic mass is 9.78. The number of methoxy groups -OCH3 is 2. The van der Waals surface area contributed by atoms with Crippen molar-refractivity contribution in [1.82, 2.24) is 9.80 Å². The van der Waals surface area contributed by atoms with Gasteiger partial charge in [0.25, 0.3) is 0 Å². The number of ether oxygens (including phenoxy) is 2. The smallest absolute Gasteiger partial charge is 0.232 e. The highest BCUT2D eigenvalue weighted by molar-refractivity contribution is 5.91. The first-order chi connectivity index (χ1) is 15.6. The molecule has 8 rings (SSSR count). The largest absolute Gasteiger partial charge is 0.497 e. The minimum atomic E-state index is -0.385. The van der Waals surface area contributed by atoms with E-state index in [4.69, 9.17) is 9.47 Å². The summed E-state index contributed by atoms with van der Waals surface area (Å²) in [5.41, 5.74) is 2.03. The maximum Gasteiger partial charge on any atom is 0.232 e. The molecule has 2 aromatic rings. The molecule has 6 heteroatoms. The molecule has 0 aromatic heterocycles. The third-order valence-corrected chi connectivity index (χ3v) is 6.65. The van der Waals surface area contributed by atoms with Gasteiger partial charge in [-0.3, -0.25) is 9.59 Å². The Hall–Kier alpha value is -3.54. The van der Waals surface area contributed by atoms with E-state index in [1.165, 1.54) is 0 Å². The highest BCUT2D eigenvalue weighted by Crippen LogP contribution is 2.38. The SMILES string of the molecule is COc1ccc(CN2C(=O)[C@@H]3C=C[C@H]2[C@@H]2C=C[C@@H]3N(Cc3ccc(OC)cc3)C2=O)cc1. The Kier molecular flexibility index (Phi) is 5.21. The predicted octanol–water partition coefficient (Wildman–Crippen LogP) is 3.18. The van der Waals surface area contributed by atoms with Gasteiger partial charge in [0.15, 0.2) is 0 Å². The third-order valence-electron chi connectivity index (χ3n) is 6.65. The normalized spacial score (nSPS) is 25.8. The van der Waals surface area contributed by atoms with Gasteiger partial charge in [-0.15, -0.1) is 0 Å². The van der Waals surface area contributed by atoms with Crippen LogP contribution in [0.1, 0.15) is 11.1 Å². The molecule has 0 unspecified atom stereocenters. The first kappa shape index (κ1) is 20.4. The van der Waals surface area contributed by atoms with Crippen LogP contribution in [0, 0.1) is 11.8 Å². The van der Waals surface area contributed by atoms with E-state index in [2.05, 4.69) is 0 Å². The molecule has 1 aliphatic carbocycles. The lowest BCUT2D eigenvalue weighted by molar-refractivity contribution is -0.152. The van der Waals surface area contributed by atoms with Crippen molar-refractivity contribution in [3.8, 4) is 11.5 Å². The minimum absolute atomic E-state index is 0.0694. The Morgan fingerprint density at radius 3 is 1.34 bits per heavy atom. The zero-order valence-corrected chi connectivity index (χ0v) is 18.2. The predicted molar refractivity (Wildman–Crippen MR) is 120 cm³/mol. The first-order valence-corrected chi connectivity index (χ1v) is 10.8. The van der Waals surface area contributed by atoms with Crippen molar-refractivity contribution in [1.29, 1.82) is 0 Å². The Bertz CT molecular complexity index is 987. The molecule has 32 heavy (non-hydrogen) atoms. The average molecular weight is 431 g/mol. The molecule has 0 spiro atoms. The number of benzene rings is 2. The Balaban J connectivity index is 1.41. The number of carbonyl (C=O) groups is 2. The summed E-state index contributed by atoms with van der Waals surface area (Å²) in [6.07, 6.45) is 8.07. The molecule has 164 valence electrons. The van der Waals surface area contributed by atoms with Crippen molar-refractivity contribution >= 4 is 11.8 Å². The van der Waals surface area contributed by atoms with E-state index in [0.717, 1.165) is 22.6 Å². The van der Waals surface area contributed by atoms with Crippen LogP contribution in [0.15, 0.2) is 72.8 Å². The van der Waals surface area contributed by atoms with Gasteiger partial charge in [0.2, 0.25) is 11.8 Å². The van der Waals surface area contributed by atoms with Crippen LogP contribution in [-0.2, 0) is 22.7 Å². The van der Waals surface area contributed by atoms with Gasteiger partial charge in [0.05, 0.1) is 38.1 Å². The molecule has 1 fully saturated rings. The van der Waals surface area contributed by atoms with Crippen LogP contribution in [0.4, 0.5) is 0 Å². The van der Waals surface area contributed by atoms with E-state index < -0.39 is 0 Å². The van der Waals surface area contributed by atoms with Gasteiger partial charge < -0.3 is 19.3 Å². The van der Waals surface area contributed by atoms with Crippen molar-refractivity contribution in [2.45, 2.75) is 25.2 Å². The molecule has 4 bridgehead atoms. The lowest BCUT2D eigenvalue weighted by Crippen LogP contribution is -2.62. The average Bonchev–Trinajstić information content (AvgIpc) is 2.81. The van der Waals surface area contributed by atoms with Gasteiger partial charge in [-0.25, -0.2) is 0 Å². The van der Waals surface area contributed by atoms with E-state index in [-0.39, 0.29) is 35.7 Å². The van der Waals surface area contributed by atoms with E-state index in [0.29, 0.717) is 13.1 Å². The Morgan fingerprint density at radius 2 is 1.00 bits per heavy atom. The van der Waals surface area contributed by atoms with Gasteiger partial charge >= 0.3 is 0 Å². The second-order valence-corrected chi connectivity index (χ2v) is 8.43. The molecule has 6 aliphatic rings. The first-order valence-electron chi connectivity index (χ1n) is 10.8. The second-order valence-electron chi connectivity index (χ2n) is 8.43. The van der Waals surface area contributed by atoms with Gasteiger partial charge in [0.1, 0.15) is 11.5 Å². The number of carbonyl (C=O) groups excluding carboxylic acids is 2. The molecular weight excluding hydrogens is 404 g/mol. The fourth-order valence-electron chi connectivity index (χ4n) is 4.89. The number of nitrogens with zero attached hydrogens (tertiary/aromatic N) is 2. The standard InChI is InChI=1S/C26H26N2O4/c1-31-19-7-3-17(4-8-19)15-27-23-13-11-22(25(27)29)24-14-12-21(23)26(30)28(24)16-18-5-9-20(32-2)10-6-18/h3-14,21-24H,15-16H2,1-2H3/t21-,22+,23-,24-/m0/s1. The molecule has 6 nitrogen and oxygen atoms in total. The number of hydrogen-bond donors (Lipinski definition) is 0. The maximum absolute atomic E-state index is 13.5. The summed E-state index contributed by atoms with van der Waals surface area (Å²) in [4.78, 5) is 30.8. The van der Waals surface area contributed by atoms with Crippen molar-refractivity contribution in [3.05, 3.63) is 84.0 Å². The number of amides is 2. The van der Waals surface area contributed by atoms with E-state index >= 15 is 0 Å². The van der Waals surface area contributed by atoms with Crippen LogP contribution in [0.25, 0.3) is 0 Å². The quantitative estimate of drug-likeness (QED) is 0.661. The highest BCUT2D eigenvalue weighted by Gasteiger charge is 2.49. The monoisotopic (exact) mass is 430 g/mol. The molecule has 1 saturated heterocycles. The molecule has 2 amide bonds. The number of hydrogen-bond acceptors (Lipinski definition) is 4. The minimum Gasteiger partial charge on any atom is -0.497 e. The van der Waals surface area contributed by atoms with Crippen LogP contribution >= 0.6 is 0 Å². The fraction of sp³-hybridized carbons (Fsp3) is 0.308. The Labute approximate surface area is 187 Å². The second kappa shape index (κ2) is 8.19. The molecule has 0 saturated carbocycles. The Morgan fingerprint density at radius 1 is 0.625 bits per heavy atom. The molecular formula is C26H26N2O4. The summed E-state index contributed by atoms with van der Waals surface area (Å²) >= 11 is 0. The van der Waals surface area contributed by atoms with Crippen LogP contribution < -0.4 is 9.47 Å². The van der Waals surface area contributed by atoms with Crippen LogP contribution in [0.5, 0.6) is 11.5 Å². The fourth-order valence-corrected chi connectivity index (χ4v) is 4.89. The maximum atomic E-state index is 13.5. The molecule has 0 N–H and O–H groups in total. The van der Waals surface area contributed by atoms with Crippen molar-refractivity contribution < 1.29 is 19.1 Å². The van der Waals surface area contributed by atoms with Crippen LogP contribution in [-0.4, -0.2) is 47.9 Å². The van der Waals surface area contributed by atoms with Gasteiger partial charge in [-0.05, 0) is 35.4 Å². The van der Waals surface area contributed by atoms with Crippen molar-refractivity contribution in [2.24, 2.45) is 11.8 Å². The number of rotatable bonds is 6. The zero-order chi connectivity index (χ0) is 22.2. The molecule has 5 aliphatic heterocycles. The van der Waals surface area contributed by atoms with Gasteiger partial charge in [-0.1, -0.05) is 48.6 Å². The molecule has 2 aromatic carbocycles. The van der Waals surface area contributed by atoms with Crippen LogP contribution in [0.3, 0.4) is 0 Å². The van der Waals surface area contributed by atoms with Crippen LogP contribution in [0.2, 0.25) is 0 Å². The van der Waals surface area contributed by atoms with Gasteiger partial charge in [0, 0.05) is 13.1 Å². The molecule has 0 radical (unpaired) electrons. The third kappa shape index (κ3) is 3.45. The zero-order valence-electron chi connectivity index (χ0n) is 18.2. The van der Waals surface area contributed by atoms with Gasteiger partial charge in [-0.2, -0.15) is 0 Å². The molecule has 4 atom stereocenters. The summed E-state index contributed by atoms with van der Waals surface area (Å²) in [5, 5.41) is 0. The highest BCUT2D eigenvalue weighted by atomic mass is 16.5. The van der Waals surface area contributed by atoms with E-state index in [9.17, 15) is 9.59 Å². The lowest BCUT2D eigenvalue weighted by Gasteiger charge is -2.49. The summed E-state index contributed by atoms with van der Waals surface area (Å²) in [6, 6.07) is 14.9. The van der Waals surface area contributed by atoms with Crippen molar-refractivity contribution in [2.75, 3.05) is 14.2 Å². The summed E-state index contributed by atoms with van der Waals surface area (Å²) in [5.74, 6) is 0.925. The molecule has 5 heterocycles. The van der Waals surface area contributed by atoms with Crippen molar-refractivity contribution in [3.63, 3.8) is 0 Å². The topological polar surface area (TPSA) is 59.1 Å².